The summed E-state index contributed by atoms with van der Waals surface area (Å²) in [5.41, 5.74) is 6.06. The van der Waals surface area contributed by atoms with Crippen LogP contribution in [0.2, 0.25) is 0 Å². The topological polar surface area (TPSA) is 72.6 Å². The summed E-state index contributed by atoms with van der Waals surface area (Å²) in [6.45, 7) is 0.516. The van der Waals surface area contributed by atoms with E-state index < -0.39 is 12.0 Å². The van der Waals surface area contributed by atoms with E-state index in [0.29, 0.717) is 17.9 Å². The zero-order valence-corrected chi connectivity index (χ0v) is 10.4. The molecule has 18 heavy (non-hydrogen) atoms. The number of hydrogen-bond donors (Lipinski definition) is 2. The minimum absolute atomic E-state index is 0.516. The third kappa shape index (κ3) is 3.09. The molecule has 2 aromatic rings. The lowest BCUT2D eigenvalue weighted by Gasteiger charge is -2.08. The van der Waals surface area contributed by atoms with Gasteiger partial charge in [0.15, 0.2) is 0 Å². The summed E-state index contributed by atoms with van der Waals surface area (Å²) in [7, 11) is 0. The predicted molar refractivity (Wildman–Crippen MR) is 69.7 cm³/mol. The van der Waals surface area contributed by atoms with Crippen LogP contribution in [0.3, 0.4) is 0 Å². The van der Waals surface area contributed by atoms with Gasteiger partial charge in [-0.1, -0.05) is 18.2 Å². The Morgan fingerprint density at radius 2 is 2.06 bits per heavy atom. The Kier molecular flexibility index (Phi) is 3.96. The molecule has 2 rings (SSSR count). The molecule has 0 radical (unpaired) electrons. The first-order valence-corrected chi connectivity index (χ1v) is 6.28. The molecule has 0 fully saturated rings. The van der Waals surface area contributed by atoms with Gasteiger partial charge in [0.05, 0.1) is 0 Å². The van der Waals surface area contributed by atoms with Crippen molar-refractivity contribution in [3.63, 3.8) is 0 Å². The molecule has 1 aromatic heterocycles. The molecule has 0 aliphatic heterocycles. The SMILES string of the molecule is N[C@H](C(=O)O)c1ccc(OCc2cccs2)cc1. The molecule has 0 saturated heterocycles. The molecule has 4 nitrogen and oxygen atoms in total. The van der Waals surface area contributed by atoms with Crippen LogP contribution in [0.1, 0.15) is 16.5 Å². The largest absolute Gasteiger partial charge is 0.488 e. The van der Waals surface area contributed by atoms with Crippen LogP contribution in [0.4, 0.5) is 0 Å². The lowest BCUT2D eigenvalue weighted by Crippen LogP contribution is -2.20. The number of rotatable bonds is 5. The third-order valence-corrected chi connectivity index (χ3v) is 3.32. The highest BCUT2D eigenvalue weighted by molar-refractivity contribution is 7.09. The van der Waals surface area contributed by atoms with E-state index in [-0.39, 0.29) is 0 Å². The van der Waals surface area contributed by atoms with E-state index in [4.69, 9.17) is 15.6 Å². The van der Waals surface area contributed by atoms with Crippen molar-refractivity contribution in [1.29, 1.82) is 0 Å². The van der Waals surface area contributed by atoms with Crippen molar-refractivity contribution in [2.45, 2.75) is 12.6 Å². The summed E-state index contributed by atoms with van der Waals surface area (Å²) in [5, 5.41) is 10.8. The van der Waals surface area contributed by atoms with E-state index in [1.807, 2.05) is 17.5 Å². The van der Waals surface area contributed by atoms with E-state index >= 15 is 0 Å². The van der Waals surface area contributed by atoms with Crippen molar-refractivity contribution in [3.8, 4) is 5.75 Å². The fraction of sp³-hybridized carbons (Fsp3) is 0.154. The number of carbonyl (C=O) groups is 1. The molecule has 0 saturated carbocycles. The van der Waals surface area contributed by atoms with Crippen LogP contribution in [0.5, 0.6) is 5.75 Å². The van der Waals surface area contributed by atoms with Gasteiger partial charge in [0.2, 0.25) is 0 Å². The number of aliphatic carboxylic acids is 1. The molecule has 0 spiro atoms. The van der Waals surface area contributed by atoms with Crippen molar-refractivity contribution >= 4 is 17.3 Å². The first-order valence-electron chi connectivity index (χ1n) is 5.40. The zero-order valence-electron chi connectivity index (χ0n) is 9.58. The maximum Gasteiger partial charge on any atom is 0.325 e. The van der Waals surface area contributed by atoms with E-state index in [1.165, 1.54) is 0 Å². The van der Waals surface area contributed by atoms with Crippen LogP contribution >= 0.6 is 11.3 Å². The number of carboxylic acids is 1. The van der Waals surface area contributed by atoms with Crippen molar-refractivity contribution in [2.75, 3.05) is 0 Å². The molecule has 3 N–H and O–H groups in total. The van der Waals surface area contributed by atoms with Gasteiger partial charge in [0.1, 0.15) is 18.4 Å². The first kappa shape index (κ1) is 12.6. The average Bonchev–Trinajstić information content (AvgIpc) is 2.89. The molecule has 94 valence electrons. The van der Waals surface area contributed by atoms with Gasteiger partial charge in [-0.2, -0.15) is 0 Å². The smallest absolute Gasteiger partial charge is 0.325 e. The van der Waals surface area contributed by atoms with Crippen LogP contribution in [-0.2, 0) is 11.4 Å². The molecule has 0 amide bonds. The number of thiophene rings is 1. The Balaban J connectivity index is 1.97. The molecule has 0 unspecified atom stereocenters. The minimum Gasteiger partial charge on any atom is -0.488 e. The van der Waals surface area contributed by atoms with Crippen LogP contribution in [-0.4, -0.2) is 11.1 Å². The highest BCUT2D eigenvalue weighted by atomic mass is 32.1. The van der Waals surface area contributed by atoms with Crippen molar-refractivity contribution in [1.82, 2.24) is 0 Å². The van der Waals surface area contributed by atoms with Gasteiger partial charge in [-0.3, -0.25) is 4.79 Å². The second-order valence-corrected chi connectivity index (χ2v) is 4.79. The van der Waals surface area contributed by atoms with E-state index in [1.54, 1.807) is 35.6 Å². The molecular weight excluding hydrogens is 250 g/mol. The highest BCUT2D eigenvalue weighted by Crippen LogP contribution is 2.18. The molecule has 0 bridgehead atoms. The third-order valence-electron chi connectivity index (χ3n) is 2.47. The summed E-state index contributed by atoms with van der Waals surface area (Å²) in [6.07, 6.45) is 0. The van der Waals surface area contributed by atoms with Gasteiger partial charge in [-0.25, -0.2) is 0 Å². The number of ether oxygens (including phenoxy) is 1. The monoisotopic (exact) mass is 263 g/mol. The standard InChI is InChI=1S/C13H13NO3S/c14-12(13(15)16)9-3-5-10(6-4-9)17-8-11-2-1-7-18-11/h1-7,12H,8,14H2,(H,15,16)/t12-/m0/s1. The maximum atomic E-state index is 10.7. The zero-order chi connectivity index (χ0) is 13.0. The van der Waals surface area contributed by atoms with Crippen molar-refractivity contribution in [2.24, 2.45) is 5.73 Å². The molecule has 1 aromatic carbocycles. The fourth-order valence-electron chi connectivity index (χ4n) is 1.46. The molecule has 0 aliphatic rings. The second kappa shape index (κ2) is 5.66. The summed E-state index contributed by atoms with van der Waals surface area (Å²) in [4.78, 5) is 11.9. The second-order valence-electron chi connectivity index (χ2n) is 3.75. The number of nitrogens with two attached hydrogens (primary N) is 1. The van der Waals surface area contributed by atoms with Gasteiger partial charge in [0.25, 0.3) is 0 Å². The van der Waals surface area contributed by atoms with Crippen LogP contribution < -0.4 is 10.5 Å². The van der Waals surface area contributed by atoms with Crippen molar-refractivity contribution in [3.05, 3.63) is 52.2 Å². The highest BCUT2D eigenvalue weighted by Gasteiger charge is 2.13. The average molecular weight is 263 g/mol. The Morgan fingerprint density at radius 1 is 1.33 bits per heavy atom. The predicted octanol–water partition coefficient (Wildman–Crippen LogP) is 2.41. The summed E-state index contributed by atoms with van der Waals surface area (Å²) in [5.74, 6) is -0.341. The lowest BCUT2D eigenvalue weighted by atomic mass is 10.1. The Bertz CT molecular complexity index is 508. The van der Waals surface area contributed by atoms with E-state index in [0.717, 1.165) is 4.88 Å². The summed E-state index contributed by atoms with van der Waals surface area (Å²) in [6, 6.07) is 9.77. The van der Waals surface area contributed by atoms with Crippen molar-refractivity contribution < 1.29 is 14.6 Å². The van der Waals surface area contributed by atoms with Gasteiger partial charge in [-0.15, -0.1) is 11.3 Å². The molecule has 5 heteroatoms. The maximum absolute atomic E-state index is 10.7. The van der Waals surface area contributed by atoms with Crippen LogP contribution in [0, 0.1) is 0 Å². The van der Waals surface area contributed by atoms with Gasteiger partial charge >= 0.3 is 5.97 Å². The lowest BCUT2D eigenvalue weighted by molar-refractivity contribution is -0.138. The van der Waals surface area contributed by atoms with Gasteiger partial charge < -0.3 is 15.6 Å². The fourth-order valence-corrected chi connectivity index (χ4v) is 2.08. The Labute approximate surface area is 109 Å². The quantitative estimate of drug-likeness (QED) is 0.869. The van der Waals surface area contributed by atoms with Gasteiger partial charge in [0, 0.05) is 4.88 Å². The number of carboxylic acid groups (broad SMARTS) is 1. The summed E-state index contributed by atoms with van der Waals surface area (Å²) >= 11 is 1.63. The first-order chi connectivity index (χ1) is 8.66. The minimum atomic E-state index is -1.04. The number of hydrogen-bond acceptors (Lipinski definition) is 4. The Hall–Kier alpha value is -1.85. The van der Waals surface area contributed by atoms with Gasteiger partial charge in [-0.05, 0) is 29.1 Å². The summed E-state index contributed by atoms with van der Waals surface area (Å²) < 4.78 is 5.57. The van der Waals surface area contributed by atoms with Crippen LogP contribution in [0.15, 0.2) is 41.8 Å². The normalized spacial score (nSPS) is 12.1. The van der Waals surface area contributed by atoms with Crippen LogP contribution in [0.25, 0.3) is 0 Å². The molecule has 0 aliphatic carbocycles. The Morgan fingerprint density at radius 3 is 2.61 bits per heavy atom. The number of benzene rings is 1. The van der Waals surface area contributed by atoms with E-state index in [2.05, 4.69) is 0 Å². The van der Waals surface area contributed by atoms with E-state index in [9.17, 15) is 4.79 Å². The molecule has 1 atom stereocenters. The molecule has 1 heterocycles. The molecular formula is C13H13NO3S.